The lowest BCUT2D eigenvalue weighted by Crippen LogP contribution is -1.98. The monoisotopic (exact) mass is 380 g/mol. The minimum Gasteiger partial charge on any atom is -0.397 e. The van der Waals surface area contributed by atoms with E-state index in [0.717, 1.165) is 31.5 Å². The van der Waals surface area contributed by atoms with Crippen molar-refractivity contribution in [2.45, 2.75) is 0 Å². The van der Waals surface area contributed by atoms with Gasteiger partial charge in [0.05, 0.1) is 5.69 Å². The molecule has 3 aromatic rings. The van der Waals surface area contributed by atoms with Crippen molar-refractivity contribution in [2.75, 3.05) is 5.73 Å². The van der Waals surface area contributed by atoms with Crippen LogP contribution in [-0.4, -0.2) is 14.5 Å². The number of hydrogen-bond acceptors (Lipinski definition) is 3. The molecule has 0 saturated heterocycles. The standard InChI is InChI=1S/C13H10Br2N4/c1-19-12(18-10-3-2-4-17-13(10)19)8-5-7(14)6-9(15)11(8)16/h2-6H,16H2,1H3. The quantitative estimate of drug-likeness (QED) is 0.653. The molecule has 0 spiro atoms. The van der Waals surface area contributed by atoms with Gasteiger partial charge in [0.1, 0.15) is 11.3 Å². The molecule has 2 heterocycles. The number of rotatable bonds is 1. The molecule has 0 aliphatic heterocycles. The zero-order valence-electron chi connectivity index (χ0n) is 10.1. The van der Waals surface area contributed by atoms with Gasteiger partial charge < -0.3 is 10.3 Å². The summed E-state index contributed by atoms with van der Waals surface area (Å²) in [5.41, 5.74) is 9.38. The van der Waals surface area contributed by atoms with Gasteiger partial charge in [0.15, 0.2) is 5.65 Å². The predicted molar refractivity (Wildman–Crippen MR) is 83.8 cm³/mol. The third-order valence-corrected chi connectivity index (χ3v) is 4.08. The normalized spacial score (nSPS) is 11.1. The Hall–Kier alpha value is -1.40. The van der Waals surface area contributed by atoms with Crippen LogP contribution in [0.15, 0.2) is 39.4 Å². The summed E-state index contributed by atoms with van der Waals surface area (Å²) in [5, 5.41) is 0. The Morgan fingerprint density at radius 1 is 1.26 bits per heavy atom. The first-order chi connectivity index (χ1) is 9.08. The van der Waals surface area contributed by atoms with E-state index < -0.39 is 0 Å². The first kappa shape index (κ1) is 12.6. The average Bonchev–Trinajstić information content (AvgIpc) is 2.72. The molecule has 1 aromatic carbocycles. The Morgan fingerprint density at radius 2 is 2.05 bits per heavy atom. The van der Waals surface area contributed by atoms with E-state index in [1.807, 2.05) is 35.9 Å². The number of aromatic nitrogens is 3. The second-order valence-corrected chi connectivity index (χ2v) is 5.96. The second kappa shape index (κ2) is 4.61. The molecule has 0 amide bonds. The van der Waals surface area contributed by atoms with Gasteiger partial charge in [0.2, 0.25) is 0 Å². The number of benzene rings is 1. The molecule has 2 aromatic heterocycles. The molecule has 0 atom stereocenters. The molecule has 2 N–H and O–H groups in total. The summed E-state index contributed by atoms with van der Waals surface area (Å²) >= 11 is 6.93. The van der Waals surface area contributed by atoms with E-state index in [2.05, 4.69) is 41.8 Å². The number of aryl methyl sites for hydroxylation is 1. The number of nitrogens with zero attached hydrogens (tertiary/aromatic N) is 3. The molecule has 0 bridgehead atoms. The minimum atomic E-state index is 0.668. The summed E-state index contributed by atoms with van der Waals surface area (Å²) in [6, 6.07) is 7.69. The Kier molecular flexibility index (Phi) is 3.06. The highest BCUT2D eigenvalue weighted by molar-refractivity contribution is 9.11. The van der Waals surface area contributed by atoms with Crippen LogP contribution in [0, 0.1) is 0 Å². The Balaban J connectivity index is 2.33. The van der Waals surface area contributed by atoms with Crippen molar-refractivity contribution in [3.05, 3.63) is 39.4 Å². The Bertz CT molecular complexity index is 780. The van der Waals surface area contributed by atoms with Crippen LogP contribution in [-0.2, 0) is 7.05 Å². The van der Waals surface area contributed by atoms with Gasteiger partial charge in [-0.1, -0.05) is 15.9 Å². The zero-order chi connectivity index (χ0) is 13.6. The largest absolute Gasteiger partial charge is 0.397 e. The van der Waals surface area contributed by atoms with E-state index in [4.69, 9.17) is 5.73 Å². The van der Waals surface area contributed by atoms with Crippen LogP contribution in [0.25, 0.3) is 22.6 Å². The molecule has 0 radical (unpaired) electrons. The molecule has 0 fully saturated rings. The summed E-state index contributed by atoms with van der Waals surface area (Å²) in [5.74, 6) is 0.799. The van der Waals surface area contributed by atoms with Crippen LogP contribution in [0.2, 0.25) is 0 Å². The summed E-state index contributed by atoms with van der Waals surface area (Å²) in [6.07, 6.45) is 1.76. The molecule has 19 heavy (non-hydrogen) atoms. The predicted octanol–water partition coefficient (Wildman–Crippen LogP) is 3.74. The van der Waals surface area contributed by atoms with E-state index in [-0.39, 0.29) is 0 Å². The molecule has 4 nitrogen and oxygen atoms in total. The van der Waals surface area contributed by atoms with Crippen molar-refractivity contribution in [1.82, 2.24) is 14.5 Å². The fourth-order valence-electron chi connectivity index (χ4n) is 2.03. The van der Waals surface area contributed by atoms with Crippen LogP contribution in [0.5, 0.6) is 0 Å². The molecule has 0 unspecified atom stereocenters. The fraction of sp³-hybridized carbons (Fsp3) is 0.0769. The first-order valence-corrected chi connectivity index (χ1v) is 7.19. The number of nitrogen functional groups attached to an aromatic ring is 1. The van der Waals surface area contributed by atoms with Gasteiger partial charge in [-0.2, -0.15) is 0 Å². The van der Waals surface area contributed by atoms with Crippen molar-refractivity contribution in [3.8, 4) is 11.4 Å². The number of pyridine rings is 1. The summed E-state index contributed by atoms with van der Waals surface area (Å²) in [4.78, 5) is 8.94. The van der Waals surface area contributed by atoms with Gasteiger partial charge in [-0.3, -0.25) is 0 Å². The van der Waals surface area contributed by atoms with E-state index in [0.29, 0.717) is 5.69 Å². The van der Waals surface area contributed by atoms with Crippen LogP contribution >= 0.6 is 31.9 Å². The molecule has 6 heteroatoms. The van der Waals surface area contributed by atoms with E-state index in [9.17, 15) is 0 Å². The number of imidazole rings is 1. The molecule has 96 valence electrons. The van der Waals surface area contributed by atoms with Crippen molar-refractivity contribution in [3.63, 3.8) is 0 Å². The van der Waals surface area contributed by atoms with Crippen molar-refractivity contribution in [1.29, 1.82) is 0 Å². The van der Waals surface area contributed by atoms with E-state index in [1.165, 1.54) is 0 Å². The highest BCUT2D eigenvalue weighted by atomic mass is 79.9. The third-order valence-electron chi connectivity index (χ3n) is 2.96. The maximum absolute atomic E-state index is 6.13. The van der Waals surface area contributed by atoms with Crippen molar-refractivity contribution < 1.29 is 0 Å². The Morgan fingerprint density at radius 3 is 2.79 bits per heavy atom. The Labute approximate surface area is 126 Å². The number of nitrogens with two attached hydrogens (primary N) is 1. The maximum Gasteiger partial charge on any atom is 0.159 e. The first-order valence-electron chi connectivity index (χ1n) is 5.60. The second-order valence-electron chi connectivity index (χ2n) is 4.19. The maximum atomic E-state index is 6.13. The molecular formula is C13H10Br2N4. The number of halogens is 2. The topological polar surface area (TPSA) is 56.7 Å². The van der Waals surface area contributed by atoms with Crippen molar-refractivity contribution >= 4 is 48.7 Å². The zero-order valence-corrected chi connectivity index (χ0v) is 13.2. The average molecular weight is 382 g/mol. The molecule has 0 aliphatic carbocycles. The van der Waals surface area contributed by atoms with Crippen LogP contribution in [0.4, 0.5) is 5.69 Å². The van der Waals surface area contributed by atoms with Crippen LogP contribution in [0.1, 0.15) is 0 Å². The minimum absolute atomic E-state index is 0.668. The molecular weight excluding hydrogens is 372 g/mol. The summed E-state index contributed by atoms with van der Waals surface area (Å²) < 4.78 is 3.74. The van der Waals surface area contributed by atoms with Gasteiger partial charge in [-0.05, 0) is 40.2 Å². The number of hydrogen-bond donors (Lipinski definition) is 1. The highest BCUT2D eigenvalue weighted by Gasteiger charge is 2.15. The fourth-order valence-corrected chi connectivity index (χ4v) is 3.26. The van der Waals surface area contributed by atoms with Gasteiger partial charge in [-0.15, -0.1) is 0 Å². The SMILES string of the molecule is Cn1c(-c2cc(Br)cc(Br)c2N)nc2cccnc21. The van der Waals surface area contributed by atoms with Gasteiger partial charge in [0, 0.05) is 27.8 Å². The lowest BCUT2D eigenvalue weighted by molar-refractivity contribution is 0.942. The number of anilines is 1. The molecule has 3 rings (SSSR count). The van der Waals surface area contributed by atoms with Crippen molar-refractivity contribution in [2.24, 2.45) is 7.05 Å². The van der Waals surface area contributed by atoms with Crippen LogP contribution in [0.3, 0.4) is 0 Å². The van der Waals surface area contributed by atoms with Gasteiger partial charge in [-0.25, -0.2) is 9.97 Å². The van der Waals surface area contributed by atoms with Crippen LogP contribution < -0.4 is 5.73 Å². The molecule has 0 saturated carbocycles. The third kappa shape index (κ3) is 2.04. The summed E-state index contributed by atoms with van der Waals surface area (Å²) in [6.45, 7) is 0. The smallest absolute Gasteiger partial charge is 0.159 e. The lowest BCUT2D eigenvalue weighted by atomic mass is 10.1. The van der Waals surface area contributed by atoms with Gasteiger partial charge >= 0.3 is 0 Å². The summed E-state index contributed by atoms with van der Waals surface area (Å²) in [7, 11) is 1.94. The highest BCUT2D eigenvalue weighted by Crippen LogP contribution is 2.35. The number of fused-ring (bicyclic) bond motifs is 1. The van der Waals surface area contributed by atoms with Gasteiger partial charge in [0.25, 0.3) is 0 Å². The van der Waals surface area contributed by atoms with E-state index >= 15 is 0 Å². The van der Waals surface area contributed by atoms with E-state index in [1.54, 1.807) is 6.20 Å². The lowest BCUT2D eigenvalue weighted by Gasteiger charge is -2.08. The molecule has 0 aliphatic rings.